The van der Waals surface area contributed by atoms with Gasteiger partial charge in [-0.15, -0.1) is 0 Å². The van der Waals surface area contributed by atoms with E-state index < -0.39 is 11.9 Å². The molecule has 0 saturated heterocycles. The Labute approximate surface area is 132 Å². The first-order valence-electron chi connectivity index (χ1n) is 6.86. The number of carbonyl (C=O) groups excluding carboxylic acids is 1. The van der Waals surface area contributed by atoms with E-state index in [9.17, 15) is 9.59 Å². The minimum absolute atomic E-state index is 0.0788. The van der Waals surface area contributed by atoms with Crippen LogP contribution in [-0.2, 0) is 4.79 Å². The van der Waals surface area contributed by atoms with Crippen LogP contribution in [0.25, 0.3) is 0 Å². The van der Waals surface area contributed by atoms with E-state index in [1.165, 1.54) is 6.33 Å². The van der Waals surface area contributed by atoms with E-state index in [1.807, 2.05) is 0 Å². The summed E-state index contributed by atoms with van der Waals surface area (Å²) in [4.78, 5) is 33.5. The molecule has 120 valence electrons. The second kappa shape index (κ2) is 7.69. The summed E-state index contributed by atoms with van der Waals surface area (Å²) < 4.78 is 0. The molecular weight excluding hydrogens is 300 g/mol. The van der Waals surface area contributed by atoms with Crippen LogP contribution in [0.1, 0.15) is 23.2 Å². The third-order valence-electron chi connectivity index (χ3n) is 2.85. The Morgan fingerprint density at radius 1 is 1.13 bits per heavy atom. The first kappa shape index (κ1) is 16.1. The molecular formula is C14H16N6O3. The van der Waals surface area contributed by atoms with Gasteiger partial charge in [-0.2, -0.15) is 4.98 Å². The van der Waals surface area contributed by atoms with E-state index >= 15 is 0 Å². The van der Waals surface area contributed by atoms with E-state index in [4.69, 9.17) is 10.8 Å². The fourth-order valence-electron chi connectivity index (χ4n) is 1.73. The highest BCUT2D eigenvalue weighted by Crippen LogP contribution is 2.14. The van der Waals surface area contributed by atoms with Crippen molar-refractivity contribution >= 4 is 29.5 Å². The first-order chi connectivity index (χ1) is 11.0. The van der Waals surface area contributed by atoms with Gasteiger partial charge >= 0.3 is 5.97 Å². The van der Waals surface area contributed by atoms with Gasteiger partial charge in [0.25, 0.3) is 0 Å². The third-order valence-corrected chi connectivity index (χ3v) is 2.85. The van der Waals surface area contributed by atoms with Crippen LogP contribution in [0.2, 0.25) is 0 Å². The van der Waals surface area contributed by atoms with Crippen molar-refractivity contribution in [2.75, 3.05) is 17.2 Å². The normalized spacial score (nSPS) is 10.1. The minimum atomic E-state index is -0.843. The largest absolute Gasteiger partial charge is 0.481 e. The predicted molar refractivity (Wildman–Crippen MR) is 83.4 cm³/mol. The highest BCUT2D eigenvalue weighted by atomic mass is 16.4. The molecule has 1 aromatic heterocycles. The topological polar surface area (TPSA) is 143 Å². The van der Waals surface area contributed by atoms with Crippen molar-refractivity contribution in [3.05, 3.63) is 36.2 Å². The molecule has 0 saturated carbocycles. The molecule has 1 heterocycles. The Balaban J connectivity index is 1.94. The molecule has 23 heavy (non-hydrogen) atoms. The lowest BCUT2D eigenvalue weighted by atomic mass is 10.2. The molecule has 5 N–H and O–H groups in total. The number of aliphatic carboxylic acids is 1. The number of carboxylic acid groups (broad SMARTS) is 1. The van der Waals surface area contributed by atoms with Crippen LogP contribution in [0.4, 0.5) is 17.6 Å². The Hall–Kier alpha value is -3.23. The standard InChI is InChI=1S/C14H16N6O3/c15-12(23)9-3-5-10(6-4-9)19-14-18-8-17-13(20-14)16-7-1-2-11(21)22/h3-6,8H,1-2,7H2,(H2,15,23)(H,21,22)(H2,16,17,18,19,20). The molecule has 0 unspecified atom stereocenters. The second-order valence-electron chi connectivity index (χ2n) is 4.62. The summed E-state index contributed by atoms with van der Waals surface area (Å²) in [7, 11) is 0. The summed E-state index contributed by atoms with van der Waals surface area (Å²) in [6.07, 6.45) is 1.89. The molecule has 2 aromatic rings. The number of rotatable bonds is 8. The zero-order chi connectivity index (χ0) is 16.7. The molecule has 9 nitrogen and oxygen atoms in total. The van der Waals surface area contributed by atoms with Gasteiger partial charge in [-0.1, -0.05) is 0 Å². The van der Waals surface area contributed by atoms with Gasteiger partial charge in [-0.05, 0) is 30.7 Å². The number of nitrogens with one attached hydrogen (secondary N) is 2. The van der Waals surface area contributed by atoms with Crippen molar-refractivity contribution in [2.45, 2.75) is 12.8 Å². The molecule has 0 aliphatic carbocycles. The minimum Gasteiger partial charge on any atom is -0.481 e. The lowest BCUT2D eigenvalue weighted by Crippen LogP contribution is -2.11. The van der Waals surface area contributed by atoms with Crippen molar-refractivity contribution in [3.8, 4) is 0 Å². The fraction of sp³-hybridized carbons (Fsp3) is 0.214. The van der Waals surface area contributed by atoms with E-state index in [0.29, 0.717) is 36.1 Å². The van der Waals surface area contributed by atoms with Gasteiger partial charge in [0, 0.05) is 24.2 Å². The van der Waals surface area contributed by atoms with Crippen molar-refractivity contribution in [2.24, 2.45) is 5.73 Å². The summed E-state index contributed by atoms with van der Waals surface area (Å²) in [5.74, 6) is -0.664. The number of benzene rings is 1. The maximum absolute atomic E-state index is 11.0. The summed E-state index contributed by atoms with van der Waals surface area (Å²) in [5, 5.41) is 14.5. The molecule has 0 aliphatic heterocycles. The average Bonchev–Trinajstić information content (AvgIpc) is 2.52. The average molecular weight is 316 g/mol. The van der Waals surface area contributed by atoms with Crippen molar-refractivity contribution in [1.82, 2.24) is 15.0 Å². The molecule has 1 amide bonds. The Morgan fingerprint density at radius 2 is 1.83 bits per heavy atom. The van der Waals surface area contributed by atoms with E-state index in [0.717, 1.165) is 0 Å². The Bertz CT molecular complexity index is 689. The monoisotopic (exact) mass is 316 g/mol. The maximum atomic E-state index is 11.0. The zero-order valence-electron chi connectivity index (χ0n) is 12.2. The highest BCUT2D eigenvalue weighted by Gasteiger charge is 2.04. The second-order valence-corrected chi connectivity index (χ2v) is 4.62. The SMILES string of the molecule is NC(=O)c1ccc(Nc2ncnc(NCCCC(=O)O)n2)cc1. The predicted octanol–water partition coefficient (Wildman–Crippen LogP) is 0.991. The summed E-state index contributed by atoms with van der Waals surface area (Å²) in [6.45, 7) is 0.447. The molecule has 0 atom stereocenters. The lowest BCUT2D eigenvalue weighted by Gasteiger charge is -2.07. The van der Waals surface area contributed by atoms with Crippen LogP contribution in [0.5, 0.6) is 0 Å². The molecule has 2 rings (SSSR count). The van der Waals surface area contributed by atoms with Crippen LogP contribution < -0.4 is 16.4 Å². The summed E-state index contributed by atoms with van der Waals surface area (Å²) in [5.41, 5.74) is 6.28. The molecule has 0 spiro atoms. The quantitative estimate of drug-likeness (QED) is 0.528. The molecule has 0 bridgehead atoms. The number of amides is 1. The molecule has 0 aliphatic rings. The maximum Gasteiger partial charge on any atom is 0.303 e. The van der Waals surface area contributed by atoms with Gasteiger partial charge in [0.1, 0.15) is 6.33 Å². The van der Waals surface area contributed by atoms with Gasteiger partial charge in [0.2, 0.25) is 17.8 Å². The first-order valence-corrected chi connectivity index (χ1v) is 6.86. The summed E-state index contributed by atoms with van der Waals surface area (Å²) in [6, 6.07) is 6.56. The number of carbonyl (C=O) groups is 2. The van der Waals surface area contributed by atoms with Gasteiger partial charge in [0.15, 0.2) is 0 Å². The number of carboxylic acids is 1. The van der Waals surface area contributed by atoms with E-state index in [-0.39, 0.29) is 6.42 Å². The van der Waals surface area contributed by atoms with Crippen LogP contribution in [-0.4, -0.2) is 38.5 Å². The van der Waals surface area contributed by atoms with Crippen LogP contribution in [0, 0.1) is 0 Å². The smallest absolute Gasteiger partial charge is 0.303 e. The van der Waals surface area contributed by atoms with Gasteiger partial charge in [0.05, 0.1) is 0 Å². The Kier molecular flexibility index (Phi) is 5.40. The van der Waals surface area contributed by atoms with Gasteiger partial charge in [-0.25, -0.2) is 9.97 Å². The van der Waals surface area contributed by atoms with Crippen LogP contribution >= 0.6 is 0 Å². The number of aromatic nitrogens is 3. The third kappa shape index (κ3) is 5.23. The molecule has 9 heteroatoms. The molecule has 1 aromatic carbocycles. The van der Waals surface area contributed by atoms with Crippen molar-refractivity contribution in [3.63, 3.8) is 0 Å². The number of hydrogen-bond donors (Lipinski definition) is 4. The number of primary amides is 1. The van der Waals surface area contributed by atoms with E-state index in [1.54, 1.807) is 24.3 Å². The van der Waals surface area contributed by atoms with E-state index in [2.05, 4.69) is 25.6 Å². The number of nitrogens with two attached hydrogens (primary N) is 1. The van der Waals surface area contributed by atoms with Crippen LogP contribution in [0.3, 0.4) is 0 Å². The van der Waals surface area contributed by atoms with Gasteiger partial charge in [-0.3, -0.25) is 9.59 Å². The van der Waals surface area contributed by atoms with Crippen LogP contribution in [0.15, 0.2) is 30.6 Å². The summed E-state index contributed by atoms with van der Waals surface area (Å²) >= 11 is 0. The van der Waals surface area contributed by atoms with Crippen molar-refractivity contribution < 1.29 is 14.7 Å². The highest BCUT2D eigenvalue weighted by molar-refractivity contribution is 5.93. The number of anilines is 3. The number of nitrogens with zero attached hydrogens (tertiary/aromatic N) is 3. The number of hydrogen-bond acceptors (Lipinski definition) is 7. The fourth-order valence-corrected chi connectivity index (χ4v) is 1.73. The van der Waals surface area contributed by atoms with Gasteiger partial charge < -0.3 is 21.5 Å². The molecule has 0 fully saturated rings. The molecule has 0 radical (unpaired) electrons. The lowest BCUT2D eigenvalue weighted by molar-refractivity contribution is -0.137. The Morgan fingerprint density at radius 3 is 2.48 bits per heavy atom. The zero-order valence-corrected chi connectivity index (χ0v) is 12.2. The van der Waals surface area contributed by atoms with Crippen molar-refractivity contribution in [1.29, 1.82) is 0 Å².